The Kier molecular flexibility index (Phi) is 4.61. The molecule has 27 heavy (non-hydrogen) atoms. The lowest BCUT2D eigenvalue weighted by atomic mass is 10.1. The Labute approximate surface area is 150 Å². The van der Waals surface area contributed by atoms with Gasteiger partial charge in [0.15, 0.2) is 0 Å². The molecule has 3 rings (SSSR count). The minimum Gasteiger partial charge on any atom is -0.343 e. The van der Waals surface area contributed by atoms with Gasteiger partial charge in [-0.3, -0.25) is 14.4 Å². The molecular formula is C17H13F3N4O3. The van der Waals surface area contributed by atoms with Gasteiger partial charge in [-0.1, -0.05) is 0 Å². The summed E-state index contributed by atoms with van der Waals surface area (Å²) in [6.07, 6.45) is 0.318. The molecule has 2 aromatic rings. The van der Waals surface area contributed by atoms with Crippen LogP contribution in [0.25, 0.3) is 10.8 Å². The predicted molar refractivity (Wildman–Crippen MR) is 87.5 cm³/mol. The minimum absolute atomic E-state index is 0.0475. The molecule has 1 aliphatic rings. The highest BCUT2D eigenvalue weighted by Gasteiger charge is 2.47. The standard InChI is InChI=1S/C17H13F3N4O3/c18-9-1-2-11-12(3-9)13(6-22-15(11)26)16(27)23-7-14(25)24-8-17(19,20)4-10(24)5-21/h1-3,6,10H,4,7-8H2,(H,22,26)(H,23,27)/t10-/m0/s1. The fourth-order valence-corrected chi connectivity index (χ4v) is 2.97. The zero-order chi connectivity index (χ0) is 19.8. The molecule has 10 heteroatoms. The van der Waals surface area contributed by atoms with E-state index in [1.807, 2.05) is 0 Å². The number of carbonyl (C=O) groups is 2. The molecule has 2 amide bonds. The molecular weight excluding hydrogens is 365 g/mol. The average Bonchev–Trinajstić information content (AvgIpc) is 2.94. The van der Waals surface area contributed by atoms with Gasteiger partial charge in [-0.15, -0.1) is 0 Å². The van der Waals surface area contributed by atoms with Gasteiger partial charge in [-0.05, 0) is 18.2 Å². The van der Waals surface area contributed by atoms with E-state index in [9.17, 15) is 27.6 Å². The fourth-order valence-electron chi connectivity index (χ4n) is 2.97. The number of rotatable bonds is 3. The number of carbonyl (C=O) groups excluding carboxylic acids is 2. The van der Waals surface area contributed by atoms with Crippen LogP contribution in [0.1, 0.15) is 16.8 Å². The number of likely N-dealkylation sites (tertiary alicyclic amines) is 1. The fraction of sp³-hybridized carbons (Fsp3) is 0.294. The molecule has 1 aromatic carbocycles. The first-order chi connectivity index (χ1) is 12.7. The van der Waals surface area contributed by atoms with Gasteiger partial charge in [-0.25, -0.2) is 13.2 Å². The van der Waals surface area contributed by atoms with E-state index in [0.29, 0.717) is 4.90 Å². The van der Waals surface area contributed by atoms with Crippen molar-refractivity contribution >= 4 is 22.6 Å². The predicted octanol–water partition coefficient (Wildman–Crippen LogP) is 1.16. The Hall–Kier alpha value is -3.35. The van der Waals surface area contributed by atoms with Crippen LogP contribution >= 0.6 is 0 Å². The molecule has 7 nitrogen and oxygen atoms in total. The number of H-pyrrole nitrogens is 1. The molecule has 1 aromatic heterocycles. The lowest BCUT2D eigenvalue weighted by Gasteiger charge is -2.19. The van der Waals surface area contributed by atoms with Crippen molar-refractivity contribution in [2.75, 3.05) is 13.1 Å². The van der Waals surface area contributed by atoms with Crippen molar-refractivity contribution in [2.45, 2.75) is 18.4 Å². The second-order valence-electron chi connectivity index (χ2n) is 6.13. The molecule has 1 fully saturated rings. The number of hydrogen-bond acceptors (Lipinski definition) is 4. The highest BCUT2D eigenvalue weighted by atomic mass is 19.3. The summed E-state index contributed by atoms with van der Waals surface area (Å²) < 4.78 is 40.3. The van der Waals surface area contributed by atoms with Crippen molar-refractivity contribution in [1.82, 2.24) is 15.2 Å². The summed E-state index contributed by atoms with van der Waals surface area (Å²) in [6.45, 7) is -1.52. The number of nitrogens with one attached hydrogen (secondary N) is 2. The van der Waals surface area contributed by atoms with E-state index in [1.54, 1.807) is 6.07 Å². The number of amides is 2. The number of benzene rings is 1. The molecule has 0 unspecified atom stereocenters. The van der Waals surface area contributed by atoms with Gasteiger partial charge in [0.25, 0.3) is 17.4 Å². The molecule has 1 saturated heterocycles. The van der Waals surface area contributed by atoms with Crippen molar-refractivity contribution in [3.63, 3.8) is 0 Å². The second-order valence-corrected chi connectivity index (χ2v) is 6.13. The SMILES string of the molecule is N#C[C@@H]1CC(F)(F)CN1C(=O)CNC(=O)c1c[nH]c(=O)c2ccc(F)cc12. The Morgan fingerprint density at radius 1 is 1.37 bits per heavy atom. The van der Waals surface area contributed by atoms with Crippen LogP contribution in [0.4, 0.5) is 13.2 Å². The molecule has 2 heterocycles. The summed E-state index contributed by atoms with van der Waals surface area (Å²) >= 11 is 0. The summed E-state index contributed by atoms with van der Waals surface area (Å²) in [7, 11) is 0. The third-order valence-corrected chi connectivity index (χ3v) is 4.25. The van der Waals surface area contributed by atoms with Gasteiger partial charge >= 0.3 is 0 Å². The molecule has 0 radical (unpaired) electrons. The van der Waals surface area contributed by atoms with E-state index in [-0.39, 0.29) is 16.3 Å². The van der Waals surface area contributed by atoms with Crippen molar-refractivity contribution in [3.05, 3.63) is 46.1 Å². The maximum absolute atomic E-state index is 13.5. The number of nitriles is 1. The number of pyridine rings is 1. The lowest BCUT2D eigenvalue weighted by molar-refractivity contribution is -0.131. The van der Waals surface area contributed by atoms with Crippen LogP contribution in [-0.2, 0) is 4.79 Å². The van der Waals surface area contributed by atoms with Gasteiger partial charge in [-0.2, -0.15) is 5.26 Å². The van der Waals surface area contributed by atoms with Crippen LogP contribution in [0.2, 0.25) is 0 Å². The van der Waals surface area contributed by atoms with Crippen LogP contribution in [0.5, 0.6) is 0 Å². The number of aromatic amines is 1. The van der Waals surface area contributed by atoms with Gasteiger partial charge in [0, 0.05) is 23.4 Å². The molecule has 0 saturated carbocycles. The van der Waals surface area contributed by atoms with Crippen molar-refractivity contribution in [3.8, 4) is 6.07 Å². The number of fused-ring (bicyclic) bond motifs is 1. The summed E-state index contributed by atoms with van der Waals surface area (Å²) in [6, 6.07) is 3.66. The first kappa shape index (κ1) is 18.4. The Morgan fingerprint density at radius 2 is 2.11 bits per heavy atom. The first-order valence-corrected chi connectivity index (χ1v) is 7.88. The lowest BCUT2D eigenvalue weighted by Crippen LogP contribution is -2.43. The quantitative estimate of drug-likeness (QED) is 0.836. The number of nitrogens with zero attached hydrogens (tertiary/aromatic N) is 2. The number of hydrogen-bond donors (Lipinski definition) is 2. The first-order valence-electron chi connectivity index (χ1n) is 7.88. The molecule has 1 atom stereocenters. The van der Waals surface area contributed by atoms with Crippen LogP contribution in [0.15, 0.2) is 29.2 Å². The molecule has 0 bridgehead atoms. The molecule has 0 aliphatic carbocycles. The normalized spacial score (nSPS) is 18.3. The van der Waals surface area contributed by atoms with Crippen LogP contribution in [0, 0.1) is 17.1 Å². The smallest absolute Gasteiger partial charge is 0.268 e. The van der Waals surface area contributed by atoms with Crippen molar-refractivity contribution in [2.24, 2.45) is 0 Å². The largest absolute Gasteiger partial charge is 0.343 e. The summed E-state index contributed by atoms with van der Waals surface area (Å²) in [5, 5.41) is 11.3. The maximum atomic E-state index is 13.5. The molecule has 140 valence electrons. The third-order valence-electron chi connectivity index (χ3n) is 4.25. The summed E-state index contributed by atoms with van der Waals surface area (Å²) in [4.78, 5) is 39.3. The van der Waals surface area contributed by atoms with E-state index < -0.39 is 54.7 Å². The Morgan fingerprint density at radius 3 is 2.81 bits per heavy atom. The highest BCUT2D eigenvalue weighted by molar-refractivity contribution is 6.07. The highest BCUT2D eigenvalue weighted by Crippen LogP contribution is 2.31. The second kappa shape index (κ2) is 6.75. The van der Waals surface area contributed by atoms with Gasteiger partial charge in [0.1, 0.15) is 11.9 Å². The molecule has 0 spiro atoms. The van der Waals surface area contributed by atoms with Crippen LogP contribution in [0.3, 0.4) is 0 Å². The minimum atomic E-state index is -3.16. The van der Waals surface area contributed by atoms with E-state index in [2.05, 4.69) is 10.3 Å². The van der Waals surface area contributed by atoms with Gasteiger partial charge in [0.2, 0.25) is 5.91 Å². The third kappa shape index (κ3) is 3.62. The summed E-state index contributed by atoms with van der Waals surface area (Å²) in [5.74, 6) is -5.46. The average molecular weight is 378 g/mol. The molecule has 2 N–H and O–H groups in total. The van der Waals surface area contributed by atoms with E-state index >= 15 is 0 Å². The van der Waals surface area contributed by atoms with Crippen LogP contribution < -0.4 is 10.9 Å². The van der Waals surface area contributed by atoms with Gasteiger partial charge < -0.3 is 15.2 Å². The van der Waals surface area contributed by atoms with Gasteiger partial charge in [0.05, 0.1) is 24.7 Å². The zero-order valence-electron chi connectivity index (χ0n) is 13.8. The zero-order valence-corrected chi connectivity index (χ0v) is 13.8. The van der Waals surface area contributed by atoms with Crippen molar-refractivity contribution < 1.29 is 22.8 Å². The number of halogens is 3. The topological polar surface area (TPSA) is 106 Å². The number of alkyl halides is 2. The van der Waals surface area contributed by atoms with E-state index in [1.165, 1.54) is 6.07 Å². The monoisotopic (exact) mass is 378 g/mol. The Bertz CT molecular complexity index is 1030. The number of aromatic nitrogens is 1. The Balaban J connectivity index is 1.77. The van der Waals surface area contributed by atoms with E-state index in [0.717, 1.165) is 18.3 Å². The summed E-state index contributed by atoms with van der Waals surface area (Å²) in [5.41, 5.74) is -0.603. The molecule has 1 aliphatic heterocycles. The van der Waals surface area contributed by atoms with E-state index in [4.69, 9.17) is 5.26 Å². The maximum Gasteiger partial charge on any atom is 0.268 e. The van der Waals surface area contributed by atoms with Crippen LogP contribution in [-0.4, -0.2) is 46.8 Å². The van der Waals surface area contributed by atoms with Crippen molar-refractivity contribution in [1.29, 1.82) is 5.26 Å².